The van der Waals surface area contributed by atoms with E-state index in [4.69, 9.17) is 5.41 Å². The number of aromatic nitrogens is 1. The lowest BCUT2D eigenvalue weighted by molar-refractivity contribution is 0.0691. The SMILES string of the molecule is Cc1cc(C(=O)N2CCN(C(=N)C3=CC(I)C(C)C=N3)CC2)ccc1NS(=O)(=O)c1cccc2cccnc12. The first-order chi connectivity index (χ1) is 18.6. The van der Waals surface area contributed by atoms with Crippen LogP contribution < -0.4 is 4.72 Å². The molecule has 0 aliphatic carbocycles. The number of hydrogen-bond acceptors (Lipinski definition) is 6. The van der Waals surface area contributed by atoms with E-state index in [0.29, 0.717) is 69.9 Å². The van der Waals surface area contributed by atoms with Crippen LogP contribution in [0, 0.1) is 18.3 Å². The third kappa shape index (κ3) is 5.69. The molecule has 9 nitrogen and oxygen atoms in total. The standard InChI is InChI=1S/C28H29IN6O3S/c1-18-15-21(8-9-23(18)33-39(37,38)25-7-3-5-20-6-4-10-31-26(20)25)28(36)35-13-11-34(12-14-35)27(30)24-16-22(29)19(2)17-32-24/h3-10,15-17,19,22,30,33H,11-14H2,1-2H3. The molecule has 39 heavy (non-hydrogen) atoms. The van der Waals surface area contributed by atoms with Gasteiger partial charge in [-0.15, -0.1) is 0 Å². The number of nitrogens with zero attached hydrogens (tertiary/aromatic N) is 4. The van der Waals surface area contributed by atoms with Gasteiger partial charge in [0.25, 0.3) is 15.9 Å². The summed E-state index contributed by atoms with van der Waals surface area (Å²) in [4.78, 5) is 25.8. The topological polar surface area (TPSA) is 119 Å². The Morgan fingerprint density at radius 1 is 1.08 bits per heavy atom. The number of aliphatic imine (C=N–C) groups is 1. The highest BCUT2D eigenvalue weighted by Gasteiger charge is 2.27. The number of rotatable bonds is 5. The lowest BCUT2D eigenvalue weighted by atomic mass is 10.1. The summed E-state index contributed by atoms with van der Waals surface area (Å²) in [5.41, 5.74) is 2.62. The van der Waals surface area contributed by atoms with E-state index < -0.39 is 10.0 Å². The van der Waals surface area contributed by atoms with Crippen LogP contribution in [0.15, 0.2) is 76.4 Å². The van der Waals surface area contributed by atoms with Crippen LogP contribution in [0.5, 0.6) is 0 Å². The van der Waals surface area contributed by atoms with E-state index in [1.165, 1.54) is 6.07 Å². The normalized spacial score (nSPS) is 19.6. The predicted molar refractivity (Wildman–Crippen MR) is 162 cm³/mol. The minimum atomic E-state index is -3.89. The minimum Gasteiger partial charge on any atom is -0.352 e. The second-order valence-corrected chi connectivity index (χ2v) is 12.8. The van der Waals surface area contributed by atoms with Crippen molar-refractivity contribution in [2.24, 2.45) is 10.9 Å². The number of amides is 1. The Balaban J connectivity index is 1.25. The number of allylic oxidation sites excluding steroid dienone is 1. The number of alkyl halides is 1. The number of anilines is 1. The summed E-state index contributed by atoms with van der Waals surface area (Å²) in [7, 11) is -3.89. The predicted octanol–water partition coefficient (Wildman–Crippen LogP) is 4.49. The number of sulfonamides is 1. The average molecular weight is 657 g/mol. The van der Waals surface area contributed by atoms with Crippen LogP contribution in [0.2, 0.25) is 0 Å². The number of hydrogen-bond donors (Lipinski definition) is 2. The van der Waals surface area contributed by atoms with Crippen molar-refractivity contribution in [3.63, 3.8) is 0 Å². The molecule has 1 amide bonds. The Bertz CT molecular complexity index is 1610. The molecule has 2 N–H and O–H groups in total. The van der Waals surface area contributed by atoms with Crippen molar-refractivity contribution < 1.29 is 13.2 Å². The van der Waals surface area contributed by atoms with Gasteiger partial charge >= 0.3 is 0 Å². The van der Waals surface area contributed by atoms with Crippen molar-refractivity contribution in [1.82, 2.24) is 14.8 Å². The summed E-state index contributed by atoms with van der Waals surface area (Å²) in [5, 5.41) is 9.31. The van der Waals surface area contributed by atoms with Gasteiger partial charge in [0.1, 0.15) is 16.4 Å². The molecular formula is C28H29IN6O3S. The molecule has 1 saturated heterocycles. The van der Waals surface area contributed by atoms with Gasteiger partial charge in [-0.2, -0.15) is 0 Å². The number of halogens is 1. The summed E-state index contributed by atoms with van der Waals surface area (Å²) < 4.78 is 29.4. The number of para-hydroxylation sites is 1. The molecule has 0 radical (unpaired) electrons. The van der Waals surface area contributed by atoms with Crippen molar-refractivity contribution in [3.8, 4) is 0 Å². The van der Waals surface area contributed by atoms with E-state index in [2.05, 4.69) is 44.2 Å². The largest absolute Gasteiger partial charge is 0.352 e. The van der Waals surface area contributed by atoms with Crippen LogP contribution in [0.4, 0.5) is 5.69 Å². The summed E-state index contributed by atoms with van der Waals surface area (Å²) in [6.07, 6.45) is 5.49. The molecule has 2 aliphatic heterocycles. The highest BCUT2D eigenvalue weighted by Crippen LogP contribution is 2.26. The summed E-state index contributed by atoms with van der Waals surface area (Å²) in [6.45, 7) is 5.96. The molecule has 2 aromatic carbocycles. The Hall–Kier alpha value is -3.32. The van der Waals surface area contributed by atoms with E-state index >= 15 is 0 Å². The van der Waals surface area contributed by atoms with Gasteiger partial charge < -0.3 is 9.80 Å². The smallest absolute Gasteiger partial charge is 0.264 e. The molecule has 202 valence electrons. The van der Waals surface area contributed by atoms with Gasteiger partial charge in [0.15, 0.2) is 0 Å². The Labute approximate surface area is 241 Å². The number of amidine groups is 1. The maximum Gasteiger partial charge on any atom is 0.264 e. The van der Waals surface area contributed by atoms with Crippen molar-refractivity contribution in [2.45, 2.75) is 22.7 Å². The quantitative estimate of drug-likeness (QED) is 0.182. The summed E-state index contributed by atoms with van der Waals surface area (Å²) in [6, 6.07) is 13.6. The Morgan fingerprint density at radius 2 is 1.79 bits per heavy atom. The van der Waals surface area contributed by atoms with Gasteiger partial charge in [-0.05, 0) is 48.9 Å². The van der Waals surface area contributed by atoms with E-state index in [-0.39, 0.29) is 10.8 Å². The maximum absolute atomic E-state index is 13.2. The maximum atomic E-state index is 13.2. The summed E-state index contributed by atoms with van der Waals surface area (Å²) >= 11 is 2.36. The van der Waals surface area contributed by atoms with Gasteiger partial charge in [-0.3, -0.25) is 24.9 Å². The van der Waals surface area contributed by atoms with Crippen LogP contribution in [0.3, 0.4) is 0 Å². The number of nitrogens with one attached hydrogen (secondary N) is 2. The zero-order valence-electron chi connectivity index (χ0n) is 21.6. The van der Waals surface area contributed by atoms with Gasteiger partial charge in [0, 0.05) is 59.4 Å². The van der Waals surface area contributed by atoms with Gasteiger partial charge in [-0.1, -0.05) is 47.7 Å². The molecule has 0 bridgehead atoms. The van der Waals surface area contributed by atoms with Crippen LogP contribution in [-0.4, -0.2) is 71.3 Å². The molecule has 0 spiro atoms. The van der Waals surface area contributed by atoms with Crippen LogP contribution in [0.25, 0.3) is 10.9 Å². The van der Waals surface area contributed by atoms with Gasteiger partial charge in [0.05, 0.1) is 11.2 Å². The van der Waals surface area contributed by atoms with Crippen molar-refractivity contribution in [2.75, 3.05) is 30.9 Å². The number of aryl methyl sites for hydroxylation is 1. The third-order valence-corrected chi connectivity index (χ3v) is 9.89. The van der Waals surface area contributed by atoms with Crippen molar-refractivity contribution in [1.29, 1.82) is 5.41 Å². The molecule has 5 rings (SSSR count). The fourth-order valence-electron chi connectivity index (χ4n) is 4.65. The first-order valence-corrected chi connectivity index (χ1v) is 15.4. The highest BCUT2D eigenvalue weighted by atomic mass is 127. The second-order valence-electron chi connectivity index (χ2n) is 9.73. The van der Waals surface area contributed by atoms with E-state index in [1.54, 1.807) is 48.4 Å². The monoisotopic (exact) mass is 656 g/mol. The summed E-state index contributed by atoms with van der Waals surface area (Å²) in [5.74, 6) is 0.616. The lowest BCUT2D eigenvalue weighted by Crippen LogP contribution is -2.50. The molecule has 2 unspecified atom stereocenters. The van der Waals surface area contributed by atoms with Crippen LogP contribution in [0.1, 0.15) is 22.8 Å². The molecule has 0 saturated carbocycles. The number of piperazine rings is 1. The van der Waals surface area contributed by atoms with Crippen molar-refractivity contribution >= 4 is 67.2 Å². The fraction of sp³-hybridized carbons (Fsp3) is 0.286. The van der Waals surface area contributed by atoms with Crippen LogP contribution >= 0.6 is 22.6 Å². The van der Waals surface area contributed by atoms with E-state index in [0.717, 1.165) is 5.39 Å². The molecule has 1 aromatic heterocycles. The number of benzene rings is 2. The molecule has 3 heterocycles. The molecule has 2 atom stereocenters. The molecular weight excluding hydrogens is 627 g/mol. The zero-order chi connectivity index (χ0) is 27.7. The molecule has 1 fully saturated rings. The molecule has 11 heteroatoms. The van der Waals surface area contributed by atoms with E-state index in [9.17, 15) is 13.2 Å². The first-order valence-electron chi connectivity index (χ1n) is 12.6. The highest BCUT2D eigenvalue weighted by molar-refractivity contribution is 14.1. The Morgan fingerprint density at radius 3 is 2.51 bits per heavy atom. The fourth-order valence-corrected chi connectivity index (χ4v) is 6.49. The molecule has 2 aliphatic rings. The van der Waals surface area contributed by atoms with Gasteiger partial charge in [-0.25, -0.2) is 8.42 Å². The minimum absolute atomic E-state index is 0.0989. The lowest BCUT2D eigenvalue weighted by Gasteiger charge is -2.36. The average Bonchev–Trinajstić information content (AvgIpc) is 2.94. The zero-order valence-corrected chi connectivity index (χ0v) is 24.6. The number of carbonyl (C=O) groups is 1. The van der Waals surface area contributed by atoms with Gasteiger partial charge in [0.2, 0.25) is 0 Å². The second kappa shape index (κ2) is 11.0. The number of pyridine rings is 1. The Kier molecular flexibility index (Phi) is 7.72. The van der Waals surface area contributed by atoms with E-state index in [1.807, 2.05) is 29.3 Å². The van der Waals surface area contributed by atoms with Crippen LogP contribution in [-0.2, 0) is 10.0 Å². The first kappa shape index (κ1) is 27.3. The third-order valence-electron chi connectivity index (χ3n) is 7.00. The number of fused-ring (bicyclic) bond motifs is 1. The van der Waals surface area contributed by atoms with Crippen molar-refractivity contribution in [3.05, 3.63) is 77.6 Å². The molecule has 3 aromatic rings. The number of carbonyl (C=O) groups excluding carboxylic acids is 1.